The molecule has 0 aromatic heterocycles. The van der Waals surface area contributed by atoms with Crippen LogP contribution in [0.5, 0.6) is 11.5 Å². The van der Waals surface area contributed by atoms with E-state index in [1.807, 2.05) is 0 Å². The van der Waals surface area contributed by atoms with E-state index < -0.39 is 11.8 Å². The summed E-state index contributed by atoms with van der Waals surface area (Å²) < 4.78 is 10.3. The number of hydrogen-bond donors (Lipinski definition) is 2. The molecule has 0 atom stereocenters. The van der Waals surface area contributed by atoms with Gasteiger partial charge in [0.1, 0.15) is 5.57 Å². The van der Waals surface area contributed by atoms with Crippen LogP contribution in [0, 0.1) is 0 Å². The number of ether oxygens (including phenoxy) is 2. The number of rotatable bonds is 3. The standard InChI is InChI=1S/C13H11ClN2O4S/c1-19-9-5-6(4-8(14)10(9)20-2)3-7-11(17)15-13(21)16-12(7)18/h3-5H,1-2H3,(H2,15,16,17,18,21). The van der Waals surface area contributed by atoms with Crippen molar-refractivity contribution >= 4 is 46.8 Å². The van der Waals surface area contributed by atoms with Gasteiger partial charge in [-0.3, -0.25) is 20.2 Å². The minimum atomic E-state index is -0.574. The zero-order valence-electron chi connectivity index (χ0n) is 11.2. The van der Waals surface area contributed by atoms with E-state index in [4.69, 9.17) is 33.3 Å². The van der Waals surface area contributed by atoms with Crippen LogP contribution in [0.1, 0.15) is 5.56 Å². The van der Waals surface area contributed by atoms with Gasteiger partial charge in [-0.15, -0.1) is 0 Å². The van der Waals surface area contributed by atoms with E-state index in [1.165, 1.54) is 20.3 Å². The molecule has 0 saturated carbocycles. The Kier molecular flexibility index (Phi) is 4.44. The van der Waals surface area contributed by atoms with Crippen molar-refractivity contribution in [1.82, 2.24) is 10.6 Å². The highest BCUT2D eigenvalue weighted by Crippen LogP contribution is 2.36. The molecule has 0 unspecified atom stereocenters. The van der Waals surface area contributed by atoms with Crippen LogP contribution < -0.4 is 20.1 Å². The van der Waals surface area contributed by atoms with Crippen LogP contribution in [-0.2, 0) is 9.59 Å². The quantitative estimate of drug-likeness (QED) is 0.497. The van der Waals surface area contributed by atoms with Crippen LogP contribution >= 0.6 is 23.8 Å². The van der Waals surface area contributed by atoms with Gasteiger partial charge in [0.15, 0.2) is 16.6 Å². The van der Waals surface area contributed by atoms with Crippen LogP contribution in [0.2, 0.25) is 5.02 Å². The normalized spacial score (nSPS) is 14.4. The molecule has 0 aliphatic carbocycles. The number of carbonyl (C=O) groups is 2. The fourth-order valence-electron chi connectivity index (χ4n) is 1.79. The highest BCUT2D eigenvalue weighted by Gasteiger charge is 2.25. The zero-order chi connectivity index (χ0) is 15.6. The molecule has 1 aromatic carbocycles. The molecule has 8 heteroatoms. The lowest BCUT2D eigenvalue weighted by atomic mass is 10.1. The second kappa shape index (κ2) is 6.11. The fourth-order valence-corrected chi connectivity index (χ4v) is 2.28. The lowest BCUT2D eigenvalue weighted by Gasteiger charge is -2.16. The second-order valence-corrected chi connectivity index (χ2v) is 4.85. The lowest BCUT2D eigenvalue weighted by molar-refractivity contribution is -0.123. The van der Waals surface area contributed by atoms with E-state index >= 15 is 0 Å². The predicted octanol–water partition coefficient (Wildman–Crippen LogP) is 1.27. The molecule has 2 N–H and O–H groups in total. The molecule has 21 heavy (non-hydrogen) atoms. The first-order valence-electron chi connectivity index (χ1n) is 5.76. The molecular weight excluding hydrogens is 316 g/mol. The average Bonchev–Trinajstić information content (AvgIpc) is 2.42. The van der Waals surface area contributed by atoms with Crippen molar-refractivity contribution < 1.29 is 19.1 Å². The maximum absolute atomic E-state index is 11.8. The third kappa shape index (κ3) is 3.14. The smallest absolute Gasteiger partial charge is 0.263 e. The fraction of sp³-hybridized carbons (Fsp3) is 0.154. The largest absolute Gasteiger partial charge is 0.493 e. The van der Waals surface area contributed by atoms with E-state index in [0.717, 1.165) is 0 Å². The Labute approximate surface area is 131 Å². The Morgan fingerprint density at radius 2 is 1.76 bits per heavy atom. The van der Waals surface area contributed by atoms with Crippen LogP contribution in [0.4, 0.5) is 0 Å². The molecule has 1 aliphatic heterocycles. The van der Waals surface area contributed by atoms with Crippen molar-refractivity contribution in [3.8, 4) is 11.5 Å². The summed E-state index contributed by atoms with van der Waals surface area (Å²) in [5.74, 6) is -0.381. The van der Waals surface area contributed by atoms with Crippen LogP contribution in [0.3, 0.4) is 0 Å². The molecule has 0 spiro atoms. The summed E-state index contributed by atoms with van der Waals surface area (Å²) in [6.07, 6.45) is 1.39. The van der Waals surface area contributed by atoms with Crippen molar-refractivity contribution in [1.29, 1.82) is 0 Å². The number of amides is 2. The molecule has 6 nitrogen and oxygen atoms in total. The summed E-state index contributed by atoms with van der Waals surface area (Å²) in [4.78, 5) is 23.5. The highest BCUT2D eigenvalue weighted by atomic mass is 35.5. The van der Waals surface area contributed by atoms with Gasteiger partial charge in [0, 0.05) is 0 Å². The van der Waals surface area contributed by atoms with Gasteiger partial charge >= 0.3 is 0 Å². The Morgan fingerprint density at radius 1 is 1.14 bits per heavy atom. The number of hydrogen-bond acceptors (Lipinski definition) is 5. The lowest BCUT2D eigenvalue weighted by Crippen LogP contribution is -2.51. The van der Waals surface area contributed by atoms with E-state index in [0.29, 0.717) is 22.1 Å². The summed E-state index contributed by atoms with van der Waals surface area (Å²) in [5, 5.41) is 4.98. The van der Waals surface area contributed by atoms with Gasteiger partial charge in [-0.05, 0) is 36.0 Å². The first-order valence-corrected chi connectivity index (χ1v) is 6.54. The van der Waals surface area contributed by atoms with Crippen LogP contribution in [0.25, 0.3) is 6.08 Å². The third-order valence-corrected chi connectivity index (χ3v) is 3.20. The molecule has 2 rings (SSSR count). The number of carbonyl (C=O) groups excluding carboxylic acids is 2. The molecular formula is C13H11ClN2O4S. The first kappa shape index (κ1) is 15.3. The van der Waals surface area contributed by atoms with Gasteiger partial charge in [-0.1, -0.05) is 11.6 Å². The minimum absolute atomic E-state index is 0.0208. The van der Waals surface area contributed by atoms with Gasteiger partial charge in [-0.25, -0.2) is 0 Å². The minimum Gasteiger partial charge on any atom is -0.493 e. The molecule has 1 aliphatic rings. The van der Waals surface area contributed by atoms with Gasteiger partial charge in [0.25, 0.3) is 11.8 Å². The van der Waals surface area contributed by atoms with Gasteiger partial charge in [0.2, 0.25) is 0 Å². The maximum atomic E-state index is 11.8. The summed E-state index contributed by atoms with van der Waals surface area (Å²) in [5.41, 5.74) is 0.442. The summed E-state index contributed by atoms with van der Waals surface area (Å²) in [6, 6.07) is 3.16. The second-order valence-electron chi connectivity index (χ2n) is 4.03. The van der Waals surface area contributed by atoms with E-state index in [1.54, 1.807) is 12.1 Å². The number of benzene rings is 1. The Bertz CT molecular complexity index is 650. The predicted molar refractivity (Wildman–Crippen MR) is 81.4 cm³/mol. The number of thiocarbonyl (C=S) groups is 1. The maximum Gasteiger partial charge on any atom is 0.263 e. The first-order chi connectivity index (χ1) is 9.96. The van der Waals surface area contributed by atoms with Gasteiger partial charge in [-0.2, -0.15) is 0 Å². The summed E-state index contributed by atoms with van der Waals surface area (Å²) >= 11 is 10.8. The van der Waals surface area contributed by atoms with E-state index in [-0.39, 0.29) is 10.7 Å². The third-order valence-electron chi connectivity index (χ3n) is 2.71. The molecule has 1 heterocycles. The molecule has 1 fully saturated rings. The SMILES string of the molecule is COc1cc(C=C2C(=O)NC(=S)NC2=O)cc(Cl)c1OC. The molecule has 110 valence electrons. The molecule has 0 radical (unpaired) electrons. The van der Waals surface area contributed by atoms with Crippen molar-refractivity contribution in [2.24, 2.45) is 0 Å². The molecule has 1 saturated heterocycles. The monoisotopic (exact) mass is 326 g/mol. The van der Waals surface area contributed by atoms with Crippen LogP contribution in [0.15, 0.2) is 17.7 Å². The highest BCUT2D eigenvalue weighted by molar-refractivity contribution is 7.80. The van der Waals surface area contributed by atoms with E-state index in [9.17, 15) is 9.59 Å². The molecule has 0 bridgehead atoms. The van der Waals surface area contributed by atoms with Gasteiger partial charge in [0.05, 0.1) is 19.2 Å². The Hall–Kier alpha value is -2.12. The van der Waals surface area contributed by atoms with Gasteiger partial charge < -0.3 is 9.47 Å². The van der Waals surface area contributed by atoms with Crippen molar-refractivity contribution in [2.45, 2.75) is 0 Å². The van der Waals surface area contributed by atoms with Crippen molar-refractivity contribution in [3.63, 3.8) is 0 Å². The summed E-state index contributed by atoms with van der Waals surface area (Å²) in [7, 11) is 2.93. The topological polar surface area (TPSA) is 76.7 Å². The number of methoxy groups -OCH3 is 2. The van der Waals surface area contributed by atoms with Crippen molar-refractivity contribution in [3.05, 3.63) is 28.3 Å². The Morgan fingerprint density at radius 3 is 2.29 bits per heavy atom. The average molecular weight is 327 g/mol. The molecule has 2 amide bonds. The van der Waals surface area contributed by atoms with E-state index in [2.05, 4.69) is 10.6 Å². The summed E-state index contributed by atoms with van der Waals surface area (Å²) in [6.45, 7) is 0. The van der Waals surface area contributed by atoms with Crippen molar-refractivity contribution in [2.75, 3.05) is 14.2 Å². The number of nitrogens with one attached hydrogen (secondary N) is 2. The molecule has 1 aromatic rings. The number of halogens is 1. The van der Waals surface area contributed by atoms with Crippen LogP contribution in [-0.4, -0.2) is 31.1 Å². The zero-order valence-corrected chi connectivity index (χ0v) is 12.7. The Balaban J connectivity index is 2.45.